The molecule has 0 bridgehead atoms. The first kappa shape index (κ1) is 16.9. The Balaban J connectivity index is 2.77. The van der Waals surface area contributed by atoms with Gasteiger partial charge in [-0.3, -0.25) is 4.79 Å². The lowest BCUT2D eigenvalue weighted by Crippen LogP contribution is -2.52. The van der Waals surface area contributed by atoms with Gasteiger partial charge >= 0.3 is 5.97 Å². The van der Waals surface area contributed by atoms with Gasteiger partial charge in [0.25, 0.3) is 0 Å². The molecule has 0 aromatic rings. The molecule has 1 N–H and O–H groups in total. The number of carboxylic acid groups (broad SMARTS) is 1. The molecule has 0 spiro atoms. The largest absolute Gasteiger partial charge is 0.480 e. The van der Waals surface area contributed by atoms with E-state index < -0.39 is 27.9 Å². The van der Waals surface area contributed by atoms with Crippen LogP contribution in [0, 0.1) is 5.92 Å². The normalized spacial score (nSPS) is 23.9. The third-order valence-corrected chi connectivity index (χ3v) is 5.48. The van der Waals surface area contributed by atoms with Gasteiger partial charge in [0.05, 0.1) is 12.3 Å². The summed E-state index contributed by atoms with van der Waals surface area (Å²) >= 11 is 0. The molecule has 2 unspecified atom stereocenters. The van der Waals surface area contributed by atoms with Crippen LogP contribution in [0.15, 0.2) is 0 Å². The summed E-state index contributed by atoms with van der Waals surface area (Å²) in [4.78, 5) is 24.7. The molecule has 116 valence electrons. The lowest BCUT2D eigenvalue weighted by atomic mass is 9.92. The minimum atomic E-state index is -3.44. The van der Waals surface area contributed by atoms with Crippen LogP contribution in [0.5, 0.6) is 0 Å². The zero-order chi connectivity index (χ0) is 15.5. The molecule has 0 aromatic heterocycles. The van der Waals surface area contributed by atoms with Crippen LogP contribution in [-0.2, 0) is 19.6 Å². The molecule has 0 radical (unpaired) electrons. The maximum Gasteiger partial charge on any atom is 0.326 e. The molecule has 1 saturated heterocycles. The van der Waals surface area contributed by atoms with Crippen molar-refractivity contribution in [3.63, 3.8) is 0 Å². The number of hydrogen-bond donors (Lipinski definition) is 1. The first-order valence-electron chi connectivity index (χ1n) is 6.65. The van der Waals surface area contributed by atoms with E-state index >= 15 is 0 Å². The molecule has 0 saturated carbocycles. The van der Waals surface area contributed by atoms with Crippen LogP contribution >= 0.6 is 0 Å². The molecule has 1 aliphatic rings. The van der Waals surface area contributed by atoms with E-state index in [2.05, 4.69) is 0 Å². The van der Waals surface area contributed by atoms with Gasteiger partial charge in [-0.05, 0) is 25.7 Å². The summed E-state index contributed by atoms with van der Waals surface area (Å²) in [6, 6.07) is -0.857. The second kappa shape index (κ2) is 6.53. The van der Waals surface area contributed by atoms with Gasteiger partial charge in [-0.15, -0.1) is 0 Å². The highest BCUT2D eigenvalue weighted by Crippen LogP contribution is 2.23. The molecule has 20 heavy (non-hydrogen) atoms. The van der Waals surface area contributed by atoms with Crippen LogP contribution in [0.1, 0.15) is 26.7 Å². The second-order valence-corrected chi connectivity index (χ2v) is 7.59. The summed E-state index contributed by atoms with van der Waals surface area (Å²) in [6.45, 7) is 3.50. The lowest BCUT2D eigenvalue weighted by Gasteiger charge is -2.36. The molecule has 0 aliphatic carbocycles. The monoisotopic (exact) mass is 306 g/mol. The predicted octanol–water partition coefficient (Wildman–Crippen LogP) is -0.0204. The summed E-state index contributed by atoms with van der Waals surface area (Å²) in [5.74, 6) is -1.33. The van der Waals surface area contributed by atoms with Crippen LogP contribution in [-0.4, -0.2) is 66.5 Å². The molecule has 1 rings (SSSR count). The highest BCUT2D eigenvalue weighted by Gasteiger charge is 2.35. The van der Waals surface area contributed by atoms with Crippen LogP contribution in [0.25, 0.3) is 0 Å². The van der Waals surface area contributed by atoms with Crippen molar-refractivity contribution in [3.8, 4) is 0 Å². The van der Waals surface area contributed by atoms with Gasteiger partial charge < -0.3 is 10.0 Å². The third kappa shape index (κ3) is 3.92. The van der Waals surface area contributed by atoms with Crippen molar-refractivity contribution in [1.29, 1.82) is 0 Å². The Morgan fingerprint density at radius 2 is 2.00 bits per heavy atom. The van der Waals surface area contributed by atoms with Gasteiger partial charge in [0.15, 0.2) is 0 Å². The van der Waals surface area contributed by atoms with Gasteiger partial charge in [-0.2, -0.15) is 4.31 Å². The fourth-order valence-corrected chi connectivity index (χ4v) is 3.02. The van der Waals surface area contributed by atoms with Crippen LogP contribution < -0.4 is 0 Å². The Morgan fingerprint density at radius 1 is 1.40 bits per heavy atom. The first-order chi connectivity index (χ1) is 9.19. The fourth-order valence-electron chi connectivity index (χ4n) is 2.27. The van der Waals surface area contributed by atoms with Crippen LogP contribution in [0.2, 0.25) is 0 Å². The third-order valence-electron chi connectivity index (χ3n) is 3.67. The van der Waals surface area contributed by atoms with Crippen molar-refractivity contribution < 1.29 is 23.1 Å². The van der Waals surface area contributed by atoms with Crippen LogP contribution in [0.4, 0.5) is 0 Å². The maximum atomic E-state index is 12.1. The molecular weight excluding hydrogens is 284 g/mol. The molecule has 1 heterocycles. The van der Waals surface area contributed by atoms with Gasteiger partial charge in [-0.1, -0.05) is 6.92 Å². The number of likely N-dealkylation sites (tertiary alicyclic amines) is 1. The number of hydrogen-bond acceptors (Lipinski definition) is 4. The van der Waals surface area contributed by atoms with Gasteiger partial charge in [-0.25, -0.2) is 13.2 Å². The molecule has 2 atom stereocenters. The summed E-state index contributed by atoms with van der Waals surface area (Å²) < 4.78 is 24.2. The summed E-state index contributed by atoms with van der Waals surface area (Å²) in [7, 11) is -2.11. The summed E-state index contributed by atoms with van der Waals surface area (Å²) in [6.07, 6.45) is 1.14. The molecule has 0 aromatic carbocycles. The zero-order valence-electron chi connectivity index (χ0n) is 12.1. The average Bonchev–Trinajstić information content (AvgIpc) is 2.38. The number of rotatable bonds is 5. The summed E-state index contributed by atoms with van der Waals surface area (Å²) in [5.41, 5.74) is 0. The van der Waals surface area contributed by atoms with Crippen molar-refractivity contribution in [2.24, 2.45) is 5.92 Å². The Bertz CT molecular complexity index is 476. The van der Waals surface area contributed by atoms with Crippen molar-refractivity contribution in [2.45, 2.75) is 32.7 Å². The Hall–Kier alpha value is -1.15. The Labute approximate surface area is 119 Å². The van der Waals surface area contributed by atoms with E-state index in [0.29, 0.717) is 13.0 Å². The number of likely N-dealkylation sites (N-methyl/N-ethyl adjacent to an activating group) is 1. The van der Waals surface area contributed by atoms with Gasteiger partial charge in [0.1, 0.15) is 6.04 Å². The molecule has 1 amide bonds. The van der Waals surface area contributed by atoms with E-state index in [4.69, 9.17) is 0 Å². The molecular formula is C12H22N2O5S. The van der Waals surface area contributed by atoms with E-state index in [1.165, 1.54) is 18.9 Å². The number of sulfonamides is 1. The van der Waals surface area contributed by atoms with Crippen molar-refractivity contribution in [1.82, 2.24) is 9.21 Å². The molecule has 7 nitrogen and oxygen atoms in total. The smallest absolute Gasteiger partial charge is 0.326 e. The van der Waals surface area contributed by atoms with Crippen molar-refractivity contribution >= 4 is 21.9 Å². The topological polar surface area (TPSA) is 95.0 Å². The fraction of sp³-hybridized carbons (Fsp3) is 0.833. The quantitative estimate of drug-likeness (QED) is 0.770. The average molecular weight is 306 g/mol. The van der Waals surface area contributed by atoms with E-state index in [1.54, 1.807) is 0 Å². The number of piperidine rings is 1. The second-order valence-electron chi connectivity index (χ2n) is 5.23. The minimum absolute atomic E-state index is 0.0871. The van der Waals surface area contributed by atoms with E-state index in [-0.39, 0.29) is 18.2 Å². The highest BCUT2D eigenvalue weighted by molar-refractivity contribution is 7.89. The molecule has 1 fully saturated rings. The predicted molar refractivity (Wildman–Crippen MR) is 73.6 cm³/mol. The van der Waals surface area contributed by atoms with E-state index in [0.717, 1.165) is 10.7 Å². The number of aliphatic carboxylic acids is 1. The highest BCUT2D eigenvalue weighted by atomic mass is 32.2. The standard InChI is InChI=1S/C12H22N2O5S/c1-4-20(18,19)13(3)8-11(15)14-6-5-9(2)7-10(14)12(16)17/h9-10H,4-8H2,1-3H3,(H,16,17). The number of nitrogens with zero attached hydrogens (tertiary/aromatic N) is 2. The van der Waals surface area contributed by atoms with Crippen molar-refractivity contribution in [2.75, 3.05) is 25.9 Å². The Morgan fingerprint density at radius 3 is 2.50 bits per heavy atom. The number of amides is 1. The molecule has 1 aliphatic heterocycles. The van der Waals surface area contributed by atoms with E-state index in [9.17, 15) is 23.1 Å². The number of carboxylic acids is 1. The maximum absolute atomic E-state index is 12.1. The SMILES string of the molecule is CCS(=O)(=O)N(C)CC(=O)N1CCC(C)CC1C(=O)O. The lowest BCUT2D eigenvalue weighted by molar-refractivity contribution is -0.153. The van der Waals surface area contributed by atoms with Crippen LogP contribution in [0.3, 0.4) is 0 Å². The van der Waals surface area contributed by atoms with E-state index in [1.807, 2.05) is 6.92 Å². The Kier molecular flexibility index (Phi) is 5.52. The van der Waals surface area contributed by atoms with Gasteiger partial charge in [0, 0.05) is 13.6 Å². The molecule has 8 heteroatoms. The van der Waals surface area contributed by atoms with Crippen molar-refractivity contribution in [3.05, 3.63) is 0 Å². The minimum Gasteiger partial charge on any atom is -0.480 e. The van der Waals surface area contributed by atoms with Gasteiger partial charge in [0.2, 0.25) is 15.9 Å². The first-order valence-corrected chi connectivity index (χ1v) is 8.26. The number of carbonyl (C=O) groups is 2. The summed E-state index contributed by atoms with van der Waals surface area (Å²) in [5, 5.41) is 9.19. The number of carbonyl (C=O) groups excluding carboxylic acids is 1. The zero-order valence-corrected chi connectivity index (χ0v) is 12.9.